The Morgan fingerprint density at radius 1 is 1.45 bits per heavy atom. The monoisotopic (exact) mass is 287 g/mol. The number of amides is 1. The third-order valence-corrected chi connectivity index (χ3v) is 3.34. The first-order valence-electron chi connectivity index (χ1n) is 6.07. The number of hydrogen-bond acceptors (Lipinski definition) is 5. The summed E-state index contributed by atoms with van der Waals surface area (Å²) in [5.41, 5.74) is 1.95. The second-order valence-corrected chi connectivity index (χ2v) is 4.62. The van der Waals surface area contributed by atoms with Crippen molar-refractivity contribution in [2.45, 2.75) is 13.3 Å². The summed E-state index contributed by atoms with van der Waals surface area (Å²) in [6.07, 6.45) is 0.658. The van der Waals surface area contributed by atoms with Crippen LogP contribution in [0.15, 0.2) is 24.3 Å². The molecule has 0 aliphatic carbocycles. The van der Waals surface area contributed by atoms with Gasteiger partial charge in [-0.25, -0.2) is 0 Å². The first-order chi connectivity index (χ1) is 9.76. The van der Waals surface area contributed by atoms with Gasteiger partial charge < -0.3 is 10.4 Å². The van der Waals surface area contributed by atoms with Crippen molar-refractivity contribution in [1.82, 2.24) is 9.59 Å². The van der Waals surface area contributed by atoms with Gasteiger partial charge in [0, 0.05) is 5.56 Å². The molecule has 1 aromatic heterocycles. The molecular formula is C14H13N3O2S. The van der Waals surface area contributed by atoms with E-state index in [2.05, 4.69) is 26.7 Å². The van der Waals surface area contributed by atoms with Crippen molar-refractivity contribution in [2.24, 2.45) is 0 Å². The highest BCUT2D eigenvalue weighted by atomic mass is 32.1. The standard InChI is InChI=1S/C14H13N3O2S/c1-2-11-13(20-17-16-11)14(19)15-12-8-4-3-6-10(12)7-5-9-18/h3-4,6,8,18H,2,9H2,1H3,(H,15,19). The van der Waals surface area contributed by atoms with Crippen molar-refractivity contribution in [3.63, 3.8) is 0 Å². The van der Waals surface area contributed by atoms with Gasteiger partial charge in [-0.05, 0) is 30.1 Å². The quantitative estimate of drug-likeness (QED) is 0.843. The number of anilines is 1. The molecule has 2 aromatic rings. The lowest BCUT2D eigenvalue weighted by molar-refractivity contribution is 0.102. The molecule has 5 nitrogen and oxygen atoms in total. The largest absolute Gasteiger partial charge is 0.384 e. The lowest BCUT2D eigenvalue weighted by Crippen LogP contribution is -2.13. The van der Waals surface area contributed by atoms with Crippen molar-refractivity contribution in [2.75, 3.05) is 11.9 Å². The van der Waals surface area contributed by atoms with E-state index in [-0.39, 0.29) is 12.5 Å². The average molecular weight is 287 g/mol. The van der Waals surface area contributed by atoms with Gasteiger partial charge in [0.15, 0.2) is 0 Å². The third kappa shape index (κ3) is 3.20. The molecule has 2 rings (SSSR count). The number of carbonyl (C=O) groups is 1. The number of rotatable bonds is 3. The van der Waals surface area contributed by atoms with Crippen LogP contribution >= 0.6 is 11.5 Å². The molecule has 1 amide bonds. The zero-order valence-electron chi connectivity index (χ0n) is 10.9. The highest BCUT2D eigenvalue weighted by Gasteiger charge is 2.15. The van der Waals surface area contributed by atoms with Crippen LogP contribution in [0.4, 0.5) is 5.69 Å². The Labute approximate surface area is 120 Å². The lowest BCUT2D eigenvalue weighted by Gasteiger charge is -2.06. The molecule has 0 radical (unpaired) electrons. The zero-order valence-corrected chi connectivity index (χ0v) is 11.7. The zero-order chi connectivity index (χ0) is 14.4. The van der Waals surface area contributed by atoms with Crippen LogP contribution in [0.3, 0.4) is 0 Å². The maximum Gasteiger partial charge on any atom is 0.269 e. The van der Waals surface area contributed by atoms with Crippen LogP contribution in [0.5, 0.6) is 0 Å². The summed E-state index contributed by atoms with van der Waals surface area (Å²) in [6.45, 7) is 1.70. The van der Waals surface area contributed by atoms with Gasteiger partial charge in [0.1, 0.15) is 11.5 Å². The van der Waals surface area contributed by atoms with Gasteiger partial charge in [-0.15, -0.1) is 5.10 Å². The molecule has 1 heterocycles. The smallest absolute Gasteiger partial charge is 0.269 e. The number of hydrogen-bond donors (Lipinski definition) is 2. The number of aliphatic hydroxyl groups is 1. The van der Waals surface area contributed by atoms with Gasteiger partial charge in [0.2, 0.25) is 0 Å². The molecular weight excluding hydrogens is 274 g/mol. The fourth-order valence-corrected chi connectivity index (χ4v) is 2.27. The second-order valence-electron chi connectivity index (χ2n) is 3.86. The molecule has 0 spiro atoms. The summed E-state index contributed by atoms with van der Waals surface area (Å²) >= 11 is 1.08. The SMILES string of the molecule is CCc1nnsc1C(=O)Nc1ccccc1C#CCO. The molecule has 1 aromatic carbocycles. The molecule has 0 unspecified atom stereocenters. The van der Waals surface area contributed by atoms with Gasteiger partial charge in [-0.1, -0.05) is 35.4 Å². The maximum atomic E-state index is 12.2. The number of aliphatic hydroxyl groups excluding tert-OH is 1. The molecule has 0 saturated carbocycles. The predicted octanol–water partition coefficient (Wildman–Crippen LogP) is 1.70. The minimum Gasteiger partial charge on any atom is -0.384 e. The summed E-state index contributed by atoms with van der Waals surface area (Å²) in [5.74, 6) is 5.13. The highest BCUT2D eigenvalue weighted by molar-refractivity contribution is 7.08. The number of aromatic nitrogens is 2. The summed E-state index contributed by atoms with van der Waals surface area (Å²) in [5, 5.41) is 15.5. The number of para-hydroxylation sites is 1. The Morgan fingerprint density at radius 3 is 3.00 bits per heavy atom. The number of nitrogens with zero attached hydrogens (tertiary/aromatic N) is 2. The van der Waals surface area contributed by atoms with E-state index in [0.717, 1.165) is 11.5 Å². The van der Waals surface area contributed by atoms with E-state index in [1.54, 1.807) is 12.1 Å². The predicted molar refractivity (Wildman–Crippen MR) is 77.6 cm³/mol. The van der Waals surface area contributed by atoms with Crippen molar-refractivity contribution >= 4 is 23.1 Å². The molecule has 0 atom stereocenters. The number of nitrogens with one attached hydrogen (secondary N) is 1. The fraction of sp³-hybridized carbons (Fsp3) is 0.214. The van der Waals surface area contributed by atoms with Crippen LogP contribution in [-0.2, 0) is 6.42 Å². The van der Waals surface area contributed by atoms with Crippen LogP contribution < -0.4 is 5.32 Å². The number of carbonyl (C=O) groups excluding carboxylic acids is 1. The number of benzene rings is 1. The first kappa shape index (κ1) is 14.2. The van der Waals surface area contributed by atoms with Crippen molar-refractivity contribution in [1.29, 1.82) is 0 Å². The molecule has 0 aliphatic heterocycles. The van der Waals surface area contributed by atoms with Gasteiger partial charge in [0.05, 0.1) is 11.4 Å². The molecule has 102 valence electrons. The van der Waals surface area contributed by atoms with Gasteiger partial charge in [-0.2, -0.15) is 0 Å². The van der Waals surface area contributed by atoms with E-state index < -0.39 is 0 Å². The fourth-order valence-electron chi connectivity index (χ4n) is 1.63. The van der Waals surface area contributed by atoms with Gasteiger partial charge in [-0.3, -0.25) is 4.79 Å². The normalized spacial score (nSPS) is 9.70. The first-order valence-corrected chi connectivity index (χ1v) is 6.85. The molecule has 20 heavy (non-hydrogen) atoms. The van der Waals surface area contributed by atoms with E-state index in [0.29, 0.717) is 28.2 Å². The van der Waals surface area contributed by atoms with E-state index in [4.69, 9.17) is 5.11 Å². The Bertz CT molecular complexity index is 670. The van der Waals surface area contributed by atoms with Crippen LogP contribution in [0.1, 0.15) is 27.9 Å². The van der Waals surface area contributed by atoms with Gasteiger partial charge in [0.25, 0.3) is 5.91 Å². The van der Waals surface area contributed by atoms with Crippen LogP contribution in [-0.4, -0.2) is 27.2 Å². The van der Waals surface area contributed by atoms with Crippen molar-refractivity contribution in [3.05, 3.63) is 40.4 Å². The summed E-state index contributed by atoms with van der Waals surface area (Å²) in [6, 6.07) is 7.18. The maximum absolute atomic E-state index is 12.2. The van der Waals surface area contributed by atoms with E-state index in [9.17, 15) is 4.79 Å². The van der Waals surface area contributed by atoms with Crippen molar-refractivity contribution < 1.29 is 9.90 Å². The third-order valence-electron chi connectivity index (χ3n) is 2.57. The minimum absolute atomic E-state index is 0.221. The van der Waals surface area contributed by atoms with E-state index in [1.807, 2.05) is 19.1 Å². The van der Waals surface area contributed by atoms with Crippen molar-refractivity contribution in [3.8, 4) is 11.8 Å². The van der Waals surface area contributed by atoms with Crippen LogP contribution in [0, 0.1) is 11.8 Å². The Balaban J connectivity index is 2.24. The second kappa shape index (κ2) is 6.80. The lowest BCUT2D eigenvalue weighted by atomic mass is 10.1. The Hall–Kier alpha value is -2.23. The Morgan fingerprint density at radius 2 is 2.25 bits per heavy atom. The summed E-state index contributed by atoms with van der Waals surface area (Å²) in [7, 11) is 0. The van der Waals surface area contributed by atoms with Gasteiger partial charge >= 0.3 is 0 Å². The van der Waals surface area contributed by atoms with E-state index in [1.165, 1.54) is 0 Å². The molecule has 2 N–H and O–H groups in total. The van der Waals surface area contributed by atoms with Crippen LogP contribution in [0.25, 0.3) is 0 Å². The molecule has 0 saturated heterocycles. The van der Waals surface area contributed by atoms with E-state index >= 15 is 0 Å². The molecule has 0 bridgehead atoms. The minimum atomic E-state index is -0.241. The topological polar surface area (TPSA) is 75.1 Å². The molecule has 0 aliphatic rings. The Kier molecular flexibility index (Phi) is 4.82. The average Bonchev–Trinajstić information content (AvgIpc) is 2.95. The summed E-state index contributed by atoms with van der Waals surface area (Å²) in [4.78, 5) is 12.7. The molecule has 6 heteroatoms. The highest BCUT2D eigenvalue weighted by Crippen LogP contribution is 2.18. The summed E-state index contributed by atoms with van der Waals surface area (Å²) < 4.78 is 3.80. The number of aryl methyl sites for hydroxylation is 1. The molecule has 0 fully saturated rings. The van der Waals surface area contributed by atoms with Crippen LogP contribution in [0.2, 0.25) is 0 Å².